The summed E-state index contributed by atoms with van der Waals surface area (Å²) >= 11 is 5.94. The third-order valence-electron chi connectivity index (χ3n) is 3.03. The Bertz CT molecular complexity index is 955. The Morgan fingerprint density at radius 3 is 2.19 bits per heavy atom. The summed E-state index contributed by atoms with van der Waals surface area (Å²) < 4.78 is 72.0. The monoisotopic (exact) mass is 408 g/mol. The van der Waals surface area contributed by atoms with Crippen molar-refractivity contribution in [3.05, 3.63) is 47.0 Å². The van der Waals surface area contributed by atoms with Crippen LogP contribution in [0.3, 0.4) is 0 Å². The summed E-state index contributed by atoms with van der Waals surface area (Å²) in [7, 11) is -3.51. The van der Waals surface area contributed by atoms with Crippen LogP contribution in [0.4, 0.5) is 13.2 Å². The summed E-state index contributed by atoms with van der Waals surface area (Å²) in [4.78, 5) is 10.9. The van der Waals surface area contributed by atoms with E-state index in [4.69, 9.17) is 21.1 Å². The van der Waals surface area contributed by atoms with Gasteiger partial charge in [-0.25, -0.2) is 8.42 Å². The van der Waals surface area contributed by atoms with E-state index in [9.17, 15) is 26.4 Å². The summed E-state index contributed by atoms with van der Waals surface area (Å²) in [5.74, 6) is -1.51. The third kappa shape index (κ3) is 5.12. The maximum atomic E-state index is 13.0. The highest BCUT2D eigenvalue weighted by atomic mass is 35.5. The van der Waals surface area contributed by atoms with Crippen LogP contribution in [0.1, 0.15) is 12.5 Å². The number of hydrogen-bond donors (Lipinski definition) is 0. The Morgan fingerprint density at radius 2 is 1.69 bits per heavy atom. The van der Waals surface area contributed by atoms with E-state index in [0.29, 0.717) is 12.1 Å². The van der Waals surface area contributed by atoms with E-state index in [2.05, 4.69) is 0 Å². The summed E-state index contributed by atoms with van der Waals surface area (Å²) in [6.45, 7) is 1.04. The molecule has 0 aliphatic carbocycles. The van der Waals surface area contributed by atoms with Gasteiger partial charge in [0.1, 0.15) is 17.2 Å². The molecule has 0 fully saturated rings. The molecule has 5 nitrogen and oxygen atoms in total. The van der Waals surface area contributed by atoms with Crippen LogP contribution in [-0.2, 0) is 20.8 Å². The molecule has 10 heteroatoms. The number of ether oxygens (including phenoxy) is 2. The van der Waals surface area contributed by atoms with Crippen molar-refractivity contribution in [3.63, 3.8) is 0 Å². The molecule has 2 aromatic rings. The van der Waals surface area contributed by atoms with Gasteiger partial charge in [-0.05, 0) is 30.3 Å². The maximum absolute atomic E-state index is 13.0. The second-order valence-electron chi connectivity index (χ2n) is 5.25. The lowest BCUT2D eigenvalue weighted by Crippen LogP contribution is -2.07. The van der Waals surface area contributed by atoms with Gasteiger partial charge in [0.2, 0.25) is 0 Å². The quantitative estimate of drug-likeness (QED) is 0.551. The molecule has 0 heterocycles. The molecule has 0 saturated heterocycles. The molecule has 0 bridgehead atoms. The van der Waals surface area contributed by atoms with E-state index in [1.165, 1.54) is 12.1 Å². The average Bonchev–Trinajstić information content (AvgIpc) is 2.46. The lowest BCUT2D eigenvalue weighted by molar-refractivity contribution is -0.138. The standard InChI is InChI=1S/C16H12ClF3O5S/c1-9(21)24-11-5-10(16(18,19)20)6-12(7-11)25-15-4-3-13(8-14(15)17)26(2,22)23/h3-8H,1-2H3. The minimum atomic E-state index is -4.70. The Kier molecular flexibility index (Phi) is 5.52. The van der Waals surface area contributed by atoms with Crippen molar-refractivity contribution in [2.75, 3.05) is 6.26 Å². The molecule has 0 N–H and O–H groups in total. The normalized spacial score (nSPS) is 11.9. The zero-order valence-corrected chi connectivity index (χ0v) is 15.0. The van der Waals surface area contributed by atoms with Crippen LogP contribution in [-0.4, -0.2) is 20.6 Å². The summed E-state index contributed by atoms with van der Waals surface area (Å²) in [5, 5.41) is -0.112. The fourth-order valence-electron chi connectivity index (χ4n) is 1.94. The van der Waals surface area contributed by atoms with E-state index < -0.39 is 27.5 Å². The number of halogens is 4. The van der Waals surface area contributed by atoms with Crippen molar-refractivity contribution in [3.8, 4) is 17.2 Å². The SMILES string of the molecule is CC(=O)Oc1cc(Oc2ccc(S(C)(=O)=O)cc2Cl)cc(C(F)(F)F)c1. The number of hydrogen-bond acceptors (Lipinski definition) is 5. The molecule has 0 spiro atoms. The van der Waals surface area contributed by atoms with Gasteiger partial charge in [0, 0.05) is 19.2 Å². The highest BCUT2D eigenvalue weighted by Gasteiger charge is 2.32. The van der Waals surface area contributed by atoms with Crippen molar-refractivity contribution in [2.24, 2.45) is 0 Å². The second kappa shape index (κ2) is 7.16. The van der Waals surface area contributed by atoms with Gasteiger partial charge >= 0.3 is 12.1 Å². The molecule has 0 amide bonds. The predicted molar refractivity (Wildman–Crippen MR) is 87.4 cm³/mol. The van der Waals surface area contributed by atoms with Crippen LogP contribution in [0.2, 0.25) is 5.02 Å². The van der Waals surface area contributed by atoms with Gasteiger partial charge in [0.15, 0.2) is 9.84 Å². The average molecular weight is 409 g/mol. The molecule has 0 saturated carbocycles. The van der Waals surface area contributed by atoms with E-state index >= 15 is 0 Å². The number of carbonyl (C=O) groups excluding carboxylic acids is 1. The summed E-state index contributed by atoms with van der Waals surface area (Å²) in [5.41, 5.74) is -1.09. The maximum Gasteiger partial charge on any atom is 0.416 e. The first-order valence-electron chi connectivity index (χ1n) is 6.94. The first-order chi connectivity index (χ1) is 11.9. The molecule has 2 rings (SSSR count). The largest absolute Gasteiger partial charge is 0.456 e. The fourth-order valence-corrected chi connectivity index (χ4v) is 2.87. The lowest BCUT2D eigenvalue weighted by Gasteiger charge is -2.13. The van der Waals surface area contributed by atoms with Gasteiger partial charge in [-0.2, -0.15) is 13.2 Å². The highest BCUT2D eigenvalue weighted by Crippen LogP contribution is 2.38. The molecule has 0 atom stereocenters. The molecule has 0 aliphatic heterocycles. The van der Waals surface area contributed by atoms with Crippen LogP contribution in [0.5, 0.6) is 17.2 Å². The van der Waals surface area contributed by atoms with Crippen molar-refractivity contribution in [1.82, 2.24) is 0 Å². The number of sulfone groups is 1. The minimum absolute atomic E-state index is 0.0628. The Balaban J connectivity index is 2.44. The minimum Gasteiger partial charge on any atom is -0.456 e. The Morgan fingerprint density at radius 1 is 1.08 bits per heavy atom. The van der Waals surface area contributed by atoms with Gasteiger partial charge < -0.3 is 9.47 Å². The molecule has 0 unspecified atom stereocenters. The fraction of sp³-hybridized carbons (Fsp3) is 0.188. The van der Waals surface area contributed by atoms with Crippen LogP contribution in [0.15, 0.2) is 41.3 Å². The van der Waals surface area contributed by atoms with E-state index in [0.717, 1.165) is 25.3 Å². The van der Waals surface area contributed by atoms with Crippen molar-refractivity contribution in [2.45, 2.75) is 18.0 Å². The van der Waals surface area contributed by atoms with Crippen LogP contribution >= 0.6 is 11.6 Å². The molecular weight excluding hydrogens is 397 g/mol. The molecular formula is C16H12ClF3O5S. The Labute approximate surface area is 152 Å². The van der Waals surface area contributed by atoms with Gasteiger partial charge in [-0.3, -0.25) is 4.79 Å². The smallest absolute Gasteiger partial charge is 0.416 e. The van der Waals surface area contributed by atoms with Gasteiger partial charge in [-0.15, -0.1) is 0 Å². The zero-order chi connectivity index (χ0) is 19.7. The highest BCUT2D eigenvalue weighted by molar-refractivity contribution is 7.90. The van der Waals surface area contributed by atoms with Crippen molar-refractivity contribution in [1.29, 1.82) is 0 Å². The topological polar surface area (TPSA) is 69.7 Å². The zero-order valence-electron chi connectivity index (χ0n) is 13.4. The first-order valence-corrected chi connectivity index (χ1v) is 9.21. The molecule has 0 radical (unpaired) electrons. The Hall–Kier alpha value is -2.26. The molecule has 140 valence electrons. The molecule has 26 heavy (non-hydrogen) atoms. The molecule has 0 aliphatic rings. The van der Waals surface area contributed by atoms with Crippen LogP contribution < -0.4 is 9.47 Å². The number of rotatable bonds is 4. The first kappa shape index (κ1) is 20.1. The van der Waals surface area contributed by atoms with Crippen molar-refractivity contribution >= 4 is 27.4 Å². The van der Waals surface area contributed by atoms with E-state index in [1.807, 2.05) is 0 Å². The number of esters is 1. The summed E-state index contributed by atoms with van der Waals surface area (Å²) in [6, 6.07) is 5.97. The number of carbonyl (C=O) groups is 1. The number of benzene rings is 2. The van der Waals surface area contributed by atoms with Gasteiger partial charge in [0.25, 0.3) is 0 Å². The van der Waals surface area contributed by atoms with Gasteiger partial charge in [-0.1, -0.05) is 11.6 Å². The van der Waals surface area contributed by atoms with Gasteiger partial charge in [0.05, 0.1) is 15.5 Å². The van der Waals surface area contributed by atoms with E-state index in [-0.39, 0.29) is 27.2 Å². The van der Waals surface area contributed by atoms with E-state index in [1.54, 1.807) is 0 Å². The second-order valence-corrected chi connectivity index (χ2v) is 7.67. The third-order valence-corrected chi connectivity index (χ3v) is 4.43. The molecule has 2 aromatic carbocycles. The summed E-state index contributed by atoms with van der Waals surface area (Å²) in [6.07, 6.45) is -3.71. The van der Waals surface area contributed by atoms with Crippen LogP contribution in [0, 0.1) is 0 Å². The lowest BCUT2D eigenvalue weighted by atomic mass is 10.2. The van der Waals surface area contributed by atoms with Crippen molar-refractivity contribution < 1.29 is 35.9 Å². The van der Waals surface area contributed by atoms with Crippen LogP contribution in [0.25, 0.3) is 0 Å². The predicted octanol–water partition coefficient (Wildman–Crippen LogP) is 4.48. The molecule has 0 aromatic heterocycles. The number of alkyl halides is 3.